The van der Waals surface area contributed by atoms with Crippen LogP contribution in [-0.2, 0) is 4.79 Å². The van der Waals surface area contributed by atoms with Gasteiger partial charge in [-0.05, 0) is 33.4 Å². The van der Waals surface area contributed by atoms with E-state index in [2.05, 4.69) is 22.3 Å². The van der Waals surface area contributed by atoms with Crippen LogP contribution in [0, 0.1) is 0 Å². The molecule has 4 heteroatoms. The third-order valence-corrected chi connectivity index (χ3v) is 3.19. The first-order chi connectivity index (χ1) is 7.16. The van der Waals surface area contributed by atoms with Gasteiger partial charge in [0.15, 0.2) is 0 Å². The van der Waals surface area contributed by atoms with Crippen molar-refractivity contribution in [2.24, 2.45) is 4.99 Å². The molecule has 2 heterocycles. The van der Waals surface area contributed by atoms with Crippen LogP contribution in [0.1, 0.15) is 32.6 Å². The smallest absolute Gasteiger partial charge is 0.227 e. The highest BCUT2D eigenvalue weighted by molar-refractivity contribution is 6.02. The zero-order chi connectivity index (χ0) is 10.8. The van der Waals surface area contributed by atoms with Crippen LogP contribution < -0.4 is 5.32 Å². The third-order valence-electron chi connectivity index (χ3n) is 3.19. The quantitative estimate of drug-likeness (QED) is 0.693. The van der Waals surface area contributed by atoms with Gasteiger partial charge in [-0.25, -0.2) is 0 Å². The van der Waals surface area contributed by atoms with E-state index in [-0.39, 0.29) is 11.9 Å². The van der Waals surface area contributed by atoms with Crippen LogP contribution in [0.25, 0.3) is 0 Å². The van der Waals surface area contributed by atoms with Crippen molar-refractivity contribution in [1.29, 1.82) is 0 Å². The first-order valence-corrected chi connectivity index (χ1v) is 5.74. The molecular formula is C11H19N3O. The normalized spacial score (nSPS) is 33.5. The van der Waals surface area contributed by atoms with Crippen LogP contribution in [-0.4, -0.2) is 42.3 Å². The molecule has 1 amide bonds. The fourth-order valence-corrected chi connectivity index (χ4v) is 2.37. The summed E-state index contributed by atoms with van der Waals surface area (Å²) in [6.07, 6.45) is 4.13. The molecule has 0 aromatic heterocycles. The zero-order valence-electron chi connectivity index (χ0n) is 9.49. The predicted octanol–water partition coefficient (Wildman–Crippen LogP) is 0.778. The molecule has 0 aromatic rings. The van der Waals surface area contributed by atoms with Gasteiger partial charge in [0.2, 0.25) is 5.91 Å². The molecule has 1 unspecified atom stereocenters. The van der Waals surface area contributed by atoms with Crippen LogP contribution in [0.2, 0.25) is 0 Å². The van der Waals surface area contributed by atoms with Gasteiger partial charge in [-0.2, -0.15) is 0 Å². The Morgan fingerprint density at radius 1 is 1.47 bits per heavy atom. The molecule has 2 aliphatic rings. The predicted molar refractivity (Wildman–Crippen MR) is 59.9 cm³/mol. The fraction of sp³-hybridized carbons (Fsp3) is 0.818. The Morgan fingerprint density at radius 3 is 2.93 bits per heavy atom. The first kappa shape index (κ1) is 10.6. The summed E-state index contributed by atoms with van der Waals surface area (Å²) < 4.78 is 0. The number of nitrogens with one attached hydrogen (secondary N) is 1. The first-order valence-electron chi connectivity index (χ1n) is 5.74. The number of hydrogen-bond donors (Lipinski definition) is 1. The summed E-state index contributed by atoms with van der Waals surface area (Å²) in [4.78, 5) is 18.3. The van der Waals surface area contributed by atoms with Crippen molar-refractivity contribution in [2.75, 3.05) is 13.6 Å². The van der Waals surface area contributed by atoms with Gasteiger partial charge in [-0.1, -0.05) is 6.42 Å². The minimum Gasteiger partial charge on any atom is -0.313 e. The topological polar surface area (TPSA) is 44.7 Å². The van der Waals surface area contributed by atoms with E-state index in [1.807, 2.05) is 6.92 Å². The summed E-state index contributed by atoms with van der Waals surface area (Å²) in [6, 6.07) is 0.467. The average molecular weight is 209 g/mol. The minimum atomic E-state index is 0.117. The molecule has 0 spiro atoms. The maximum atomic E-state index is 11.4. The Kier molecular flexibility index (Phi) is 3.05. The number of likely N-dealkylation sites (tertiary alicyclic amines) is 1. The number of hydrogen-bond acceptors (Lipinski definition) is 3. The molecule has 2 rings (SSSR count). The van der Waals surface area contributed by atoms with Gasteiger partial charge in [-0.15, -0.1) is 0 Å². The summed E-state index contributed by atoms with van der Waals surface area (Å²) in [5.41, 5.74) is 0. The molecule has 1 N–H and O–H groups in total. The van der Waals surface area contributed by atoms with Crippen LogP contribution in [0.3, 0.4) is 0 Å². The standard InChI is InChI=1S/C11H19N3O/c1-8-7-10(15)13-11(12-8)9-5-3-4-6-14(9)2/h8-9H,3-7H2,1-2H3,(H,12,13,15)/t8-,9?/m1/s1. The Bertz CT molecular complexity index is 288. The second kappa shape index (κ2) is 4.31. The zero-order valence-corrected chi connectivity index (χ0v) is 9.49. The lowest BCUT2D eigenvalue weighted by atomic mass is 10.0. The largest absolute Gasteiger partial charge is 0.313 e. The Morgan fingerprint density at radius 2 is 2.27 bits per heavy atom. The molecule has 0 radical (unpaired) electrons. The molecule has 1 fully saturated rings. The third kappa shape index (κ3) is 2.37. The van der Waals surface area contributed by atoms with E-state index in [1.54, 1.807) is 0 Å². The highest BCUT2D eigenvalue weighted by Gasteiger charge is 2.28. The molecule has 0 bridgehead atoms. The van der Waals surface area contributed by atoms with Crippen LogP contribution >= 0.6 is 0 Å². The maximum Gasteiger partial charge on any atom is 0.227 e. The molecule has 0 saturated carbocycles. The number of carbonyl (C=O) groups is 1. The lowest BCUT2D eigenvalue weighted by Crippen LogP contribution is -2.51. The van der Waals surface area contributed by atoms with Gasteiger partial charge >= 0.3 is 0 Å². The summed E-state index contributed by atoms with van der Waals surface area (Å²) in [5.74, 6) is 1.01. The lowest BCUT2D eigenvalue weighted by molar-refractivity contribution is -0.120. The molecule has 0 aromatic carbocycles. The molecule has 2 atom stereocenters. The Balaban J connectivity index is 2.11. The number of likely N-dealkylation sites (N-methyl/N-ethyl adjacent to an activating group) is 1. The number of piperidine rings is 1. The van der Waals surface area contributed by atoms with Gasteiger partial charge in [0.05, 0.1) is 12.1 Å². The molecule has 4 nitrogen and oxygen atoms in total. The molecule has 1 saturated heterocycles. The monoisotopic (exact) mass is 209 g/mol. The second-order valence-electron chi connectivity index (χ2n) is 4.61. The summed E-state index contributed by atoms with van der Waals surface area (Å²) in [7, 11) is 2.11. The van der Waals surface area contributed by atoms with Crippen molar-refractivity contribution in [1.82, 2.24) is 10.2 Å². The van der Waals surface area contributed by atoms with Gasteiger partial charge in [0, 0.05) is 6.42 Å². The number of carbonyl (C=O) groups excluding carboxylic acids is 1. The van der Waals surface area contributed by atoms with E-state index in [9.17, 15) is 4.79 Å². The lowest BCUT2D eigenvalue weighted by Gasteiger charge is -2.35. The molecule has 2 aliphatic heterocycles. The molecular weight excluding hydrogens is 190 g/mol. The number of aliphatic imine (C=N–C) groups is 1. The SMILES string of the molecule is C[C@@H]1CC(=O)NC(C2CCCCN2C)=N1. The molecule has 0 aliphatic carbocycles. The van der Waals surface area contributed by atoms with Crippen LogP contribution in [0.5, 0.6) is 0 Å². The number of amides is 1. The van der Waals surface area contributed by atoms with Gasteiger partial charge in [0.1, 0.15) is 5.84 Å². The van der Waals surface area contributed by atoms with E-state index in [4.69, 9.17) is 0 Å². The minimum absolute atomic E-state index is 0.117. The summed E-state index contributed by atoms with van der Waals surface area (Å²) in [5, 5.41) is 2.92. The van der Waals surface area contributed by atoms with Crippen molar-refractivity contribution in [3.63, 3.8) is 0 Å². The van der Waals surface area contributed by atoms with E-state index in [0.717, 1.165) is 18.8 Å². The second-order valence-corrected chi connectivity index (χ2v) is 4.61. The van der Waals surface area contributed by atoms with Crippen molar-refractivity contribution in [3.05, 3.63) is 0 Å². The number of amidine groups is 1. The van der Waals surface area contributed by atoms with E-state index >= 15 is 0 Å². The summed E-state index contributed by atoms with van der Waals surface area (Å²) >= 11 is 0. The maximum absolute atomic E-state index is 11.4. The van der Waals surface area contributed by atoms with Gasteiger partial charge in [-0.3, -0.25) is 14.7 Å². The van der Waals surface area contributed by atoms with Gasteiger partial charge in [0.25, 0.3) is 0 Å². The molecule has 84 valence electrons. The van der Waals surface area contributed by atoms with E-state index in [0.29, 0.717) is 12.5 Å². The molecule has 15 heavy (non-hydrogen) atoms. The van der Waals surface area contributed by atoms with Crippen molar-refractivity contribution < 1.29 is 4.79 Å². The summed E-state index contributed by atoms with van der Waals surface area (Å²) in [6.45, 7) is 3.11. The number of rotatable bonds is 1. The fourth-order valence-electron chi connectivity index (χ4n) is 2.37. The Hall–Kier alpha value is -0.900. The highest BCUT2D eigenvalue weighted by Crippen LogP contribution is 2.17. The van der Waals surface area contributed by atoms with Crippen molar-refractivity contribution in [3.8, 4) is 0 Å². The van der Waals surface area contributed by atoms with Crippen LogP contribution in [0.4, 0.5) is 0 Å². The van der Waals surface area contributed by atoms with Crippen molar-refractivity contribution in [2.45, 2.75) is 44.7 Å². The van der Waals surface area contributed by atoms with E-state index in [1.165, 1.54) is 12.8 Å². The van der Waals surface area contributed by atoms with Gasteiger partial charge < -0.3 is 5.32 Å². The Labute approximate surface area is 90.7 Å². The highest BCUT2D eigenvalue weighted by atomic mass is 16.1. The van der Waals surface area contributed by atoms with E-state index < -0.39 is 0 Å². The average Bonchev–Trinajstić information content (AvgIpc) is 2.16. The number of nitrogens with zero attached hydrogens (tertiary/aromatic N) is 2. The van der Waals surface area contributed by atoms with Crippen LogP contribution in [0.15, 0.2) is 4.99 Å². The van der Waals surface area contributed by atoms with Crippen molar-refractivity contribution >= 4 is 11.7 Å².